The summed E-state index contributed by atoms with van der Waals surface area (Å²) in [4.78, 5) is 1.34. The van der Waals surface area contributed by atoms with E-state index in [-0.39, 0.29) is 5.41 Å². The Kier molecular flexibility index (Phi) is 3.17. The number of hydrogen-bond donors (Lipinski definition) is 1. The lowest BCUT2D eigenvalue weighted by Gasteiger charge is -2.23. The van der Waals surface area contributed by atoms with Crippen molar-refractivity contribution in [3.8, 4) is 0 Å². The Morgan fingerprint density at radius 2 is 1.92 bits per heavy atom. The molecule has 0 N–H and O–H groups in total. The molecule has 0 amide bonds. The van der Waals surface area contributed by atoms with Gasteiger partial charge in [0.15, 0.2) is 0 Å². The van der Waals surface area contributed by atoms with Crippen molar-refractivity contribution in [1.82, 2.24) is 4.90 Å². The molecule has 1 aliphatic carbocycles. The van der Waals surface area contributed by atoms with Gasteiger partial charge in [-0.1, -0.05) is 0 Å². The van der Waals surface area contributed by atoms with Crippen LogP contribution in [0.5, 0.6) is 0 Å². The molecular weight excluding hydrogens is 199 g/mol. The highest BCUT2D eigenvalue weighted by Gasteiger charge is 2.43. The number of nitrogens with zero attached hydrogens (tertiary/aromatic N) is 1. The van der Waals surface area contributed by atoms with Gasteiger partial charge in [-0.2, -0.15) is 25.8 Å². The van der Waals surface area contributed by atoms with Gasteiger partial charge in [-0.3, -0.25) is 4.90 Å². The molecule has 0 aromatic heterocycles. The van der Waals surface area contributed by atoms with Crippen LogP contribution in [0.3, 0.4) is 0 Å². The van der Waals surface area contributed by atoms with Gasteiger partial charge in [-0.25, -0.2) is 0 Å². The number of thiol groups is 1. The van der Waals surface area contributed by atoms with Gasteiger partial charge in [0.1, 0.15) is 0 Å². The van der Waals surface area contributed by atoms with E-state index in [1.54, 1.807) is 0 Å². The summed E-state index contributed by atoms with van der Waals surface area (Å²) < 4.78 is 35.8. The molecule has 0 radical (unpaired) electrons. The molecule has 78 valence electrons. The Morgan fingerprint density at radius 1 is 1.38 bits per heavy atom. The third kappa shape index (κ3) is 3.77. The van der Waals surface area contributed by atoms with Gasteiger partial charge in [-0.05, 0) is 31.1 Å². The summed E-state index contributed by atoms with van der Waals surface area (Å²) in [6.45, 7) is -0.307. The first-order valence-corrected chi connectivity index (χ1v) is 4.86. The van der Waals surface area contributed by atoms with Crippen LogP contribution < -0.4 is 0 Å². The van der Waals surface area contributed by atoms with Crippen molar-refractivity contribution in [3.63, 3.8) is 0 Å². The van der Waals surface area contributed by atoms with Crippen LogP contribution in [0.15, 0.2) is 0 Å². The molecule has 0 bridgehead atoms. The first-order chi connectivity index (χ1) is 5.87. The lowest BCUT2D eigenvalue weighted by atomic mass is 10.1. The molecule has 0 heterocycles. The van der Waals surface area contributed by atoms with Gasteiger partial charge in [0.05, 0.1) is 6.54 Å². The fourth-order valence-electron chi connectivity index (χ4n) is 1.48. The van der Waals surface area contributed by atoms with Crippen LogP contribution in [0.25, 0.3) is 0 Å². The van der Waals surface area contributed by atoms with Gasteiger partial charge in [0.25, 0.3) is 0 Å². The fourth-order valence-corrected chi connectivity index (χ4v) is 1.89. The standard InChI is InChI=1S/C8H14F3NS/c1-12(5-8(9,10)11)4-7(6-13)2-3-7/h13H,2-6H2,1H3. The molecule has 0 atom stereocenters. The summed E-state index contributed by atoms with van der Waals surface area (Å²) in [6, 6.07) is 0. The predicted molar refractivity (Wildman–Crippen MR) is 49.1 cm³/mol. The fraction of sp³-hybridized carbons (Fsp3) is 1.00. The molecule has 1 nitrogen and oxygen atoms in total. The number of hydrogen-bond acceptors (Lipinski definition) is 2. The van der Waals surface area contributed by atoms with Gasteiger partial charge >= 0.3 is 6.18 Å². The van der Waals surface area contributed by atoms with Crippen molar-refractivity contribution in [1.29, 1.82) is 0 Å². The van der Waals surface area contributed by atoms with Crippen molar-refractivity contribution in [2.45, 2.75) is 19.0 Å². The molecule has 0 aromatic carbocycles. The van der Waals surface area contributed by atoms with E-state index in [1.807, 2.05) is 0 Å². The van der Waals surface area contributed by atoms with Crippen molar-refractivity contribution >= 4 is 12.6 Å². The van der Waals surface area contributed by atoms with Crippen molar-refractivity contribution in [3.05, 3.63) is 0 Å². The van der Waals surface area contributed by atoms with Gasteiger partial charge in [0, 0.05) is 6.54 Å². The van der Waals surface area contributed by atoms with Crippen LogP contribution in [-0.2, 0) is 0 Å². The van der Waals surface area contributed by atoms with E-state index in [0.29, 0.717) is 12.3 Å². The van der Waals surface area contributed by atoms with Crippen LogP contribution >= 0.6 is 12.6 Å². The van der Waals surface area contributed by atoms with Gasteiger partial charge < -0.3 is 0 Å². The summed E-state index contributed by atoms with van der Waals surface area (Å²) in [5.74, 6) is 0.690. The summed E-state index contributed by atoms with van der Waals surface area (Å²) in [5.41, 5.74) is 0.0725. The minimum absolute atomic E-state index is 0.0725. The Bertz CT molecular complexity index is 177. The zero-order valence-corrected chi connectivity index (χ0v) is 8.46. The predicted octanol–water partition coefficient (Wildman–Crippen LogP) is 2.19. The monoisotopic (exact) mass is 213 g/mol. The summed E-state index contributed by atoms with van der Waals surface area (Å²) in [5, 5.41) is 0. The maximum Gasteiger partial charge on any atom is 0.401 e. The molecule has 1 fully saturated rings. The second kappa shape index (κ2) is 3.69. The van der Waals surface area contributed by atoms with E-state index in [9.17, 15) is 13.2 Å². The van der Waals surface area contributed by atoms with Crippen LogP contribution in [0, 0.1) is 5.41 Å². The lowest BCUT2D eigenvalue weighted by molar-refractivity contribution is -0.144. The Hall–Kier alpha value is 0.100. The summed E-state index contributed by atoms with van der Waals surface area (Å²) in [7, 11) is 1.51. The van der Waals surface area contributed by atoms with E-state index in [1.165, 1.54) is 11.9 Å². The van der Waals surface area contributed by atoms with Gasteiger partial charge in [-0.15, -0.1) is 0 Å². The molecule has 1 saturated carbocycles. The number of rotatable bonds is 4. The molecule has 0 spiro atoms. The van der Waals surface area contributed by atoms with E-state index < -0.39 is 12.7 Å². The third-order valence-electron chi connectivity index (χ3n) is 2.35. The first-order valence-electron chi connectivity index (χ1n) is 4.23. The molecule has 0 unspecified atom stereocenters. The first kappa shape index (κ1) is 11.2. The molecule has 1 rings (SSSR count). The largest absolute Gasteiger partial charge is 0.401 e. The van der Waals surface area contributed by atoms with Crippen LogP contribution in [-0.4, -0.2) is 37.0 Å². The lowest BCUT2D eigenvalue weighted by Crippen LogP contribution is -2.35. The van der Waals surface area contributed by atoms with E-state index >= 15 is 0 Å². The molecule has 1 aliphatic rings. The summed E-state index contributed by atoms with van der Waals surface area (Å²) >= 11 is 4.14. The highest BCUT2D eigenvalue weighted by Crippen LogP contribution is 2.47. The minimum Gasteiger partial charge on any atom is -0.298 e. The van der Waals surface area contributed by atoms with E-state index in [4.69, 9.17) is 0 Å². The Labute approximate surface area is 81.7 Å². The van der Waals surface area contributed by atoms with E-state index in [2.05, 4.69) is 12.6 Å². The van der Waals surface area contributed by atoms with E-state index in [0.717, 1.165) is 12.8 Å². The average molecular weight is 213 g/mol. The maximum absolute atomic E-state index is 11.9. The minimum atomic E-state index is -4.08. The van der Waals surface area contributed by atoms with Crippen LogP contribution in [0.4, 0.5) is 13.2 Å². The molecule has 0 aliphatic heterocycles. The normalized spacial score (nSPS) is 20.8. The third-order valence-corrected chi connectivity index (χ3v) is 3.02. The maximum atomic E-state index is 11.9. The SMILES string of the molecule is CN(CC(F)(F)F)CC1(CS)CC1. The van der Waals surface area contributed by atoms with Crippen molar-refractivity contribution in [2.75, 3.05) is 25.9 Å². The quantitative estimate of drug-likeness (QED) is 0.701. The highest BCUT2D eigenvalue weighted by atomic mass is 32.1. The van der Waals surface area contributed by atoms with Gasteiger partial charge in [0.2, 0.25) is 0 Å². The smallest absolute Gasteiger partial charge is 0.298 e. The average Bonchev–Trinajstić information content (AvgIpc) is 2.65. The van der Waals surface area contributed by atoms with Crippen molar-refractivity contribution in [2.24, 2.45) is 5.41 Å². The second-order valence-corrected chi connectivity index (χ2v) is 4.26. The molecule has 13 heavy (non-hydrogen) atoms. The Balaban J connectivity index is 2.29. The number of alkyl halides is 3. The van der Waals surface area contributed by atoms with Crippen LogP contribution in [0.1, 0.15) is 12.8 Å². The number of halogens is 3. The van der Waals surface area contributed by atoms with Crippen molar-refractivity contribution < 1.29 is 13.2 Å². The molecular formula is C8H14F3NS. The molecule has 0 aromatic rings. The van der Waals surface area contributed by atoms with Crippen LogP contribution in [0.2, 0.25) is 0 Å². The zero-order chi connectivity index (χ0) is 10.1. The zero-order valence-electron chi connectivity index (χ0n) is 7.56. The highest BCUT2D eigenvalue weighted by molar-refractivity contribution is 7.80. The summed E-state index contributed by atoms with van der Waals surface area (Å²) in [6.07, 6.45) is -2.06. The second-order valence-electron chi connectivity index (χ2n) is 3.95. The molecule has 5 heteroatoms. The topological polar surface area (TPSA) is 3.24 Å². The molecule has 0 saturated heterocycles. The Morgan fingerprint density at radius 3 is 2.23 bits per heavy atom.